The van der Waals surface area contributed by atoms with E-state index in [1.807, 2.05) is 25.1 Å². The Labute approximate surface area is 135 Å². The minimum atomic E-state index is -0.462. The van der Waals surface area contributed by atoms with Crippen molar-refractivity contribution in [3.63, 3.8) is 0 Å². The van der Waals surface area contributed by atoms with E-state index in [-0.39, 0.29) is 28.4 Å². The third kappa shape index (κ3) is 2.38. The summed E-state index contributed by atoms with van der Waals surface area (Å²) in [6.45, 7) is 1.97. The highest BCUT2D eigenvalue weighted by molar-refractivity contribution is 5.83. The quantitative estimate of drug-likeness (QED) is 0.611. The number of rotatable bonds is 2. The lowest BCUT2D eigenvalue weighted by molar-refractivity contribution is 0.429. The van der Waals surface area contributed by atoms with Crippen molar-refractivity contribution in [1.82, 2.24) is 15.1 Å². The molecule has 0 fully saturated rings. The van der Waals surface area contributed by atoms with Gasteiger partial charge in [-0.05, 0) is 42.6 Å². The van der Waals surface area contributed by atoms with Crippen molar-refractivity contribution in [2.24, 2.45) is 0 Å². The van der Waals surface area contributed by atoms with Crippen LogP contribution in [0.4, 0.5) is 4.39 Å². The van der Waals surface area contributed by atoms with Crippen LogP contribution < -0.4 is 5.56 Å². The van der Waals surface area contributed by atoms with Gasteiger partial charge in [0.2, 0.25) is 5.82 Å². The van der Waals surface area contributed by atoms with Crippen molar-refractivity contribution in [3.05, 3.63) is 70.3 Å². The predicted molar refractivity (Wildman–Crippen MR) is 88.0 cm³/mol. The number of aromatic amines is 1. The van der Waals surface area contributed by atoms with Crippen LogP contribution in [0.25, 0.3) is 33.7 Å². The van der Waals surface area contributed by atoms with E-state index in [4.69, 9.17) is 4.52 Å². The maximum Gasteiger partial charge on any atom is 0.261 e. The molecule has 1 N–H and O–H groups in total. The van der Waals surface area contributed by atoms with E-state index in [9.17, 15) is 9.18 Å². The van der Waals surface area contributed by atoms with E-state index in [1.165, 1.54) is 6.07 Å². The number of hydrogen-bond donors (Lipinski definition) is 1. The molecule has 24 heavy (non-hydrogen) atoms. The van der Waals surface area contributed by atoms with Crippen LogP contribution in [0.2, 0.25) is 0 Å². The van der Waals surface area contributed by atoms with Crippen LogP contribution in [0.5, 0.6) is 0 Å². The standard InChI is InChI=1S/C18H12FN3O2/c1-10-6-7-15-11(8-10)9-13(17(23)20-15)16-21-18(24-22-16)12-4-2-3-5-14(12)19/h2-9H,1H3,(H,20,23). The van der Waals surface area contributed by atoms with Crippen molar-refractivity contribution in [1.29, 1.82) is 0 Å². The molecule has 2 heterocycles. The first-order chi connectivity index (χ1) is 11.6. The summed E-state index contributed by atoms with van der Waals surface area (Å²) in [5.41, 5.74) is 1.95. The Balaban J connectivity index is 1.85. The van der Waals surface area contributed by atoms with E-state index < -0.39 is 5.82 Å². The average molecular weight is 321 g/mol. The van der Waals surface area contributed by atoms with E-state index in [0.717, 1.165) is 16.5 Å². The highest BCUT2D eigenvalue weighted by atomic mass is 19.1. The summed E-state index contributed by atoms with van der Waals surface area (Å²) in [5, 5.41) is 4.68. The molecule has 0 aliphatic rings. The number of hydrogen-bond acceptors (Lipinski definition) is 4. The van der Waals surface area contributed by atoms with Gasteiger partial charge in [0.25, 0.3) is 11.4 Å². The zero-order chi connectivity index (χ0) is 16.7. The molecule has 0 saturated heterocycles. The molecule has 0 amide bonds. The number of pyridine rings is 1. The second-order valence-electron chi connectivity index (χ2n) is 5.51. The summed E-state index contributed by atoms with van der Waals surface area (Å²) >= 11 is 0. The number of aromatic nitrogens is 3. The summed E-state index contributed by atoms with van der Waals surface area (Å²) in [6.07, 6.45) is 0. The van der Waals surface area contributed by atoms with Crippen molar-refractivity contribution < 1.29 is 8.91 Å². The van der Waals surface area contributed by atoms with Gasteiger partial charge >= 0.3 is 0 Å². The van der Waals surface area contributed by atoms with E-state index >= 15 is 0 Å². The van der Waals surface area contributed by atoms with Crippen LogP contribution in [0, 0.1) is 12.7 Å². The molecule has 4 rings (SSSR count). The maximum atomic E-state index is 13.8. The normalized spacial score (nSPS) is 11.1. The number of fused-ring (bicyclic) bond motifs is 1. The summed E-state index contributed by atoms with van der Waals surface area (Å²) in [4.78, 5) is 19.2. The molecule has 2 aromatic carbocycles. The third-order valence-corrected chi connectivity index (χ3v) is 3.77. The molecule has 0 atom stereocenters. The summed E-state index contributed by atoms with van der Waals surface area (Å²) < 4.78 is 18.9. The van der Waals surface area contributed by atoms with Gasteiger partial charge in [-0.3, -0.25) is 4.79 Å². The van der Waals surface area contributed by atoms with Gasteiger partial charge in [-0.2, -0.15) is 4.98 Å². The Morgan fingerprint density at radius 1 is 1.08 bits per heavy atom. The van der Waals surface area contributed by atoms with E-state index in [2.05, 4.69) is 15.1 Å². The van der Waals surface area contributed by atoms with Gasteiger partial charge in [0.15, 0.2) is 0 Å². The maximum absolute atomic E-state index is 13.8. The molecule has 0 aliphatic carbocycles. The van der Waals surface area contributed by atoms with Gasteiger partial charge in [0.1, 0.15) is 5.82 Å². The first kappa shape index (κ1) is 14.3. The molecule has 0 saturated carbocycles. The number of H-pyrrole nitrogens is 1. The Kier molecular flexibility index (Phi) is 3.23. The number of halogens is 1. The Morgan fingerprint density at radius 2 is 1.92 bits per heavy atom. The topological polar surface area (TPSA) is 71.8 Å². The van der Waals surface area contributed by atoms with E-state index in [0.29, 0.717) is 0 Å². The monoisotopic (exact) mass is 321 g/mol. The zero-order valence-corrected chi connectivity index (χ0v) is 12.7. The summed E-state index contributed by atoms with van der Waals surface area (Å²) in [6, 6.07) is 13.5. The van der Waals surface area contributed by atoms with Gasteiger partial charge in [-0.1, -0.05) is 28.9 Å². The van der Waals surface area contributed by atoms with Gasteiger partial charge in [-0.15, -0.1) is 0 Å². The van der Waals surface area contributed by atoms with Crippen molar-refractivity contribution >= 4 is 10.9 Å². The molecule has 0 aliphatic heterocycles. The number of benzene rings is 2. The minimum Gasteiger partial charge on any atom is -0.334 e. The lowest BCUT2D eigenvalue weighted by Gasteiger charge is -2.01. The Morgan fingerprint density at radius 3 is 2.75 bits per heavy atom. The number of nitrogens with zero attached hydrogens (tertiary/aromatic N) is 2. The molecular formula is C18H12FN3O2. The molecule has 6 heteroatoms. The highest BCUT2D eigenvalue weighted by Crippen LogP contribution is 2.24. The lowest BCUT2D eigenvalue weighted by atomic mass is 10.1. The van der Waals surface area contributed by atoms with E-state index in [1.54, 1.807) is 24.3 Å². The van der Waals surface area contributed by atoms with Crippen molar-refractivity contribution in [2.45, 2.75) is 6.92 Å². The molecule has 118 valence electrons. The van der Waals surface area contributed by atoms with Crippen LogP contribution >= 0.6 is 0 Å². The smallest absolute Gasteiger partial charge is 0.261 e. The third-order valence-electron chi connectivity index (χ3n) is 3.77. The van der Waals surface area contributed by atoms with Crippen LogP contribution in [-0.2, 0) is 0 Å². The fourth-order valence-electron chi connectivity index (χ4n) is 2.57. The molecule has 4 aromatic rings. The van der Waals surface area contributed by atoms with Crippen LogP contribution in [0.15, 0.2) is 57.8 Å². The van der Waals surface area contributed by atoms with Crippen molar-refractivity contribution in [3.8, 4) is 22.8 Å². The molecule has 0 bridgehead atoms. The van der Waals surface area contributed by atoms with Crippen LogP contribution in [0.3, 0.4) is 0 Å². The highest BCUT2D eigenvalue weighted by Gasteiger charge is 2.16. The summed E-state index contributed by atoms with van der Waals surface area (Å²) in [7, 11) is 0. The first-order valence-electron chi connectivity index (χ1n) is 7.34. The fraction of sp³-hybridized carbons (Fsp3) is 0.0556. The molecule has 2 aromatic heterocycles. The zero-order valence-electron chi connectivity index (χ0n) is 12.7. The van der Waals surface area contributed by atoms with Gasteiger partial charge in [0.05, 0.1) is 11.1 Å². The van der Waals surface area contributed by atoms with Gasteiger partial charge in [0, 0.05) is 5.52 Å². The summed E-state index contributed by atoms with van der Waals surface area (Å²) in [5.74, 6) is -0.305. The predicted octanol–water partition coefficient (Wildman–Crippen LogP) is 3.69. The number of aryl methyl sites for hydroxylation is 1. The lowest BCUT2D eigenvalue weighted by Crippen LogP contribution is -2.09. The van der Waals surface area contributed by atoms with Gasteiger partial charge < -0.3 is 9.51 Å². The van der Waals surface area contributed by atoms with Gasteiger partial charge in [-0.25, -0.2) is 4.39 Å². The first-order valence-corrected chi connectivity index (χ1v) is 7.34. The molecular weight excluding hydrogens is 309 g/mol. The Hall–Kier alpha value is -3.28. The second kappa shape index (κ2) is 5.42. The number of nitrogens with one attached hydrogen (secondary N) is 1. The fourth-order valence-corrected chi connectivity index (χ4v) is 2.57. The second-order valence-corrected chi connectivity index (χ2v) is 5.51. The van der Waals surface area contributed by atoms with Crippen molar-refractivity contribution in [2.75, 3.05) is 0 Å². The average Bonchev–Trinajstić information content (AvgIpc) is 3.04. The molecule has 0 spiro atoms. The largest absolute Gasteiger partial charge is 0.334 e. The minimum absolute atomic E-state index is 0.0341. The molecule has 0 radical (unpaired) electrons. The van der Waals surface area contributed by atoms with Crippen LogP contribution in [0.1, 0.15) is 5.56 Å². The SMILES string of the molecule is Cc1ccc2[nH]c(=O)c(-c3noc(-c4ccccc4F)n3)cc2c1. The van der Waals surface area contributed by atoms with Crippen LogP contribution in [-0.4, -0.2) is 15.1 Å². The molecule has 5 nitrogen and oxygen atoms in total. The molecule has 0 unspecified atom stereocenters. The Bertz CT molecular complexity index is 1110.